The van der Waals surface area contributed by atoms with Gasteiger partial charge in [-0.15, -0.1) is 0 Å². The fourth-order valence-electron chi connectivity index (χ4n) is 14.4. The molecule has 14 aromatic carbocycles. The minimum atomic E-state index is -0.426. The number of hydrogen-bond donors (Lipinski definition) is 0. The molecule has 1 aromatic heterocycles. The van der Waals surface area contributed by atoms with E-state index in [1.807, 2.05) is 0 Å². The molecule has 2 nitrogen and oxygen atoms in total. The maximum Gasteiger partial charge on any atom is 0.0725 e. The fraction of sp³-hybridized carbons (Fsp3) is 0.0123. The zero-order valence-corrected chi connectivity index (χ0v) is 45.4. The van der Waals surface area contributed by atoms with Gasteiger partial charge in [0.2, 0.25) is 0 Å². The maximum absolute atomic E-state index is 2.51. The van der Waals surface area contributed by atoms with Crippen LogP contribution in [0.15, 0.2) is 315 Å². The molecule has 0 fully saturated rings. The Bertz CT molecular complexity index is 4990. The Hall–Kier alpha value is -10.8. The van der Waals surface area contributed by atoms with Crippen molar-refractivity contribution in [1.82, 2.24) is 4.57 Å². The summed E-state index contributed by atoms with van der Waals surface area (Å²) >= 11 is 0. The molecule has 2 aliphatic rings. The highest BCUT2D eigenvalue weighted by atomic mass is 15.1. The standard InChI is InChI=1S/C81H52N2/c1-3-27-63-53(20-1)22-19-35-64(63)54-42-45-60(46-43-54)82(61-25-17-23-57(49-61)66-29-8-14-39-78(66)83-79-40-15-9-33-71(79)72-34-10-16-41-80(72)83)62-26-18-24-58(50-62)73-51-59(48-56-21-2-4-28-65(56)73)55-44-47-70-69-32-7-13-38-76(69)81(77(70)52-55)74-36-11-5-30-67(74)68-31-6-12-37-75(68)81/h1-52H. The van der Waals surface area contributed by atoms with Gasteiger partial charge in [0.1, 0.15) is 0 Å². The molecule has 2 aliphatic carbocycles. The lowest BCUT2D eigenvalue weighted by molar-refractivity contribution is 0.794. The van der Waals surface area contributed by atoms with Gasteiger partial charge in [-0.2, -0.15) is 0 Å². The summed E-state index contributed by atoms with van der Waals surface area (Å²) in [5.74, 6) is 0. The first-order valence-corrected chi connectivity index (χ1v) is 28.8. The number of fused-ring (bicyclic) bond motifs is 15. The van der Waals surface area contributed by atoms with Crippen molar-refractivity contribution >= 4 is 60.4 Å². The second kappa shape index (κ2) is 18.6. The third kappa shape index (κ3) is 7.16. The van der Waals surface area contributed by atoms with E-state index in [0.717, 1.165) is 39.4 Å². The number of aromatic nitrogens is 1. The summed E-state index contributed by atoms with van der Waals surface area (Å²) < 4.78 is 2.44. The zero-order chi connectivity index (χ0) is 54.6. The van der Waals surface area contributed by atoms with Crippen molar-refractivity contribution in [3.05, 3.63) is 338 Å². The highest BCUT2D eigenvalue weighted by Gasteiger charge is 2.51. The summed E-state index contributed by atoms with van der Waals surface area (Å²) in [5.41, 5.74) is 26.4. The first kappa shape index (κ1) is 47.1. The van der Waals surface area contributed by atoms with E-state index < -0.39 is 5.41 Å². The predicted octanol–water partition coefficient (Wildman–Crippen LogP) is 21.6. The highest BCUT2D eigenvalue weighted by molar-refractivity contribution is 6.10. The summed E-state index contributed by atoms with van der Waals surface area (Å²) in [6.07, 6.45) is 0. The lowest BCUT2D eigenvalue weighted by Gasteiger charge is -2.30. The third-order valence-electron chi connectivity index (χ3n) is 18.0. The van der Waals surface area contributed by atoms with E-state index in [9.17, 15) is 0 Å². The molecule has 0 aliphatic heterocycles. The van der Waals surface area contributed by atoms with Crippen molar-refractivity contribution in [2.45, 2.75) is 5.41 Å². The van der Waals surface area contributed by atoms with E-state index in [1.54, 1.807) is 0 Å². The molecule has 83 heavy (non-hydrogen) atoms. The van der Waals surface area contributed by atoms with Gasteiger partial charge in [0.15, 0.2) is 0 Å². The number of benzene rings is 14. The molecule has 1 spiro atoms. The zero-order valence-electron chi connectivity index (χ0n) is 45.4. The number of para-hydroxylation sites is 3. The van der Waals surface area contributed by atoms with Crippen LogP contribution in [0.5, 0.6) is 0 Å². The summed E-state index contributed by atoms with van der Waals surface area (Å²) in [4.78, 5) is 2.43. The fourth-order valence-corrected chi connectivity index (χ4v) is 14.4. The van der Waals surface area contributed by atoms with Gasteiger partial charge in [0.25, 0.3) is 0 Å². The Morgan fingerprint density at radius 1 is 0.229 bits per heavy atom. The molecule has 0 radical (unpaired) electrons. The van der Waals surface area contributed by atoms with Gasteiger partial charge in [0.05, 0.1) is 22.1 Å². The first-order valence-electron chi connectivity index (χ1n) is 28.8. The van der Waals surface area contributed by atoms with Crippen LogP contribution in [0.4, 0.5) is 17.1 Å². The average molecular weight is 1050 g/mol. The van der Waals surface area contributed by atoms with Gasteiger partial charge in [0, 0.05) is 33.4 Å². The number of rotatable bonds is 8. The molecule has 1 heterocycles. The smallest absolute Gasteiger partial charge is 0.0725 e. The van der Waals surface area contributed by atoms with Gasteiger partial charge in [-0.1, -0.05) is 243 Å². The summed E-state index contributed by atoms with van der Waals surface area (Å²) in [5, 5.41) is 7.39. The molecule has 386 valence electrons. The van der Waals surface area contributed by atoms with Gasteiger partial charge in [-0.3, -0.25) is 0 Å². The summed E-state index contributed by atoms with van der Waals surface area (Å²) in [7, 11) is 0. The van der Waals surface area contributed by atoms with E-state index in [-0.39, 0.29) is 0 Å². The first-order chi connectivity index (χ1) is 41.2. The van der Waals surface area contributed by atoms with Crippen LogP contribution in [-0.2, 0) is 5.41 Å². The van der Waals surface area contributed by atoms with Crippen LogP contribution in [-0.4, -0.2) is 4.57 Å². The van der Waals surface area contributed by atoms with Gasteiger partial charge in [-0.25, -0.2) is 0 Å². The van der Waals surface area contributed by atoms with E-state index in [4.69, 9.17) is 0 Å². The van der Waals surface area contributed by atoms with Crippen LogP contribution in [0, 0.1) is 0 Å². The van der Waals surface area contributed by atoms with Crippen molar-refractivity contribution in [1.29, 1.82) is 0 Å². The number of hydrogen-bond acceptors (Lipinski definition) is 1. The lowest BCUT2D eigenvalue weighted by Crippen LogP contribution is -2.25. The molecule has 17 rings (SSSR count). The second-order valence-corrected chi connectivity index (χ2v) is 22.3. The van der Waals surface area contributed by atoms with Crippen molar-refractivity contribution in [2.75, 3.05) is 4.90 Å². The van der Waals surface area contributed by atoms with E-state index in [2.05, 4.69) is 325 Å². The van der Waals surface area contributed by atoms with Gasteiger partial charge < -0.3 is 9.47 Å². The topological polar surface area (TPSA) is 8.17 Å². The Morgan fingerprint density at radius 2 is 0.687 bits per heavy atom. The van der Waals surface area contributed by atoms with Gasteiger partial charge in [-0.05, 0) is 178 Å². The maximum atomic E-state index is 2.51. The molecule has 0 bridgehead atoms. The molecule has 0 N–H and O–H groups in total. The van der Waals surface area contributed by atoms with E-state index >= 15 is 0 Å². The number of anilines is 3. The van der Waals surface area contributed by atoms with Crippen molar-refractivity contribution in [2.24, 2.45) is 0 Å². The van der Waals surface area contributed by atoms with Crippen LogP contribution in [0.3, 0.4) is 0 Å². The second-order valence-electron chi connectivity index (χ2n) is 22.3. The summed E-state index contributed by atoms with van der Waals surface area (Å²) in [6, 6.07) is 117. The molecular weight excluding hydrogens is 1000 g/mol. The predicted molar refractivity (Wildman–Crippen MR) is 349 cm³/mol. The van der Waals surface area contributed by atoms with Crippen LogP contribution in [0.2, 0.25) is 0 Å². The quantitative estimate of drug-likeness (QED) is 0.147. The van der Waals surface area contributed by atoms with Crippen LogP contribution >= 0.6 is 0 Å². The lowest BCUT2D eigenvalue weighted by atomic mass is 9.70. The van der Waals surface area contributed by atoms with Crippen molar-refractivity contribution in [3.63, 3.8) is 0 Å². The molecule has 0 saturated carbocycles. The Balaban J connectivity index is 0.825. The summed E-state index contributed by atoms with van der Waals surface area (Å²) in [6.45, 7) is 0. The Labute approximate surface area is 482 Å². The molecule has 0 amide bonds. The minimum Gasteiger partial charge on any atom is -0.310 e. The Kier molecular flexibility index (Phi) is 10.6. The van der Waals surface area contributed by atoms with E-state index in [0.29, 0.717) is 0 Å². The van der Waals surface area contributed by atoms with Crippen LogP contribution < -0.4 is 4.90 Å². The third-order valence-corrected chi connectivity index (χ3v) is 18.0. The largest absolute Gasteiger partial charge is 0.310 e. The van der Waals surface area contributed by atoms with Crippen molar-refractivity contribution < 1.29 is 0 Å². The normalized spacial score (nSPS) is 12.7. The molecule has 15 aromatic rings. The van der Waals surface area contributed by atoms with Crippen molar-refractivity contribution in [3.8, 4) is 72.4 Å². The highest BCUT2D eigenvalue weighted by Crippen LogP contribution is 2.63. The van der Waals surface area contributed by atoms with Gasteiger partial charge >= 0.3 is 0 Å². The Morgan fingerprint density at radius 3 is 1.33 bits per heavy atom. The van der Waals surface area contributed by atoms with E-state index in [1.165, 1.54) is 116 Å². The minimum absolute atomic E-state index is 0.426. The van der Waals surface area contributed by atoms with Crippen LogP contribution in [0.25, 0.3) is 116 Å². The molecular formula is C81H52N2. The molecule has 2 heteroatoms. The van der Waals surface area contributed by atoms with Crippen LogP contribution in [0.1, 0.15) is 22.3 Å². The molecule has 0 unspecified atom stereocenters. The number of nitrogens with zero attached hydrogens (tertiary/aromatic N) is 2. The molecule has 0 saturated heterocycles. The SMILES string of the molecule is c1cc(-c2ccccc2-n2c3ccccc3c3ccccc32)cc(N(c2ccc(-c3cccc4ccccc34)cc2)c2cccc(-c3cc(-c4ccc5c(c4)C4(c6ccccc6-c6ccccc64)c4ccccc4-5)cc4ccccc34)c2)c1. The molecule has 0 atom stereocenters. The average Bonchev–Trinajstić information content (AvgIpc) is 1.69. The monoisotopic (exact) mass is 1050 g/mol.